The number of ether oxygens (including phenoxy) is 1. The van der Waals surface area contributed by atoms with E-state index in [1.165, 1.54) is 18.9 Å². The Morgan fingerprint density at radius 2 is 2.30 bits per heavy atom. The van der Waals surface area contributed by atoms with E-state index >= 15 is 0 Å². The zero-order valence-electron chi connectivity index (χ0n) is 11.7. The lowest BCUT2D eigenvalue weighted by atomic mass is 10.1. The molecule has 0 unspecified atom stereocenters. The number of hydrogen-bond acceptors (Lipinski definition) is 4. The van der Waals surface area contributed by atoms with Crippen LogP contribution in [0, 0.1) is 6.92 Å². The van der Waals surface area contributed by atoms with Crippen molar-refractivity contribution >= 4 is 17.7 Å². The summed E-state index contributed by atoms with van der Waals surface area (Å²) < 4.78 is 6.93. The zero-order valence-corrected chi connectivity index (χ0v) is 11.7. The van der Waals surface area contributed by atoms with Gasteiger partial charge < -0.3 is 4.74 Å². The van der Waals surface area contributed by atoms with E-state index in [1.54, 1.807) is 13.0 Å². The second-order valence-corrected chi connectivity index (χ2v) is 5.01. The standard InChI is InChI=1S/C15H17N3O2/c1-3-20-13(19)7-6-11-8-9-18-14(10(11)2)16-17-15(18)12-4-5-12/h6-9,12H,3-5H2,1-2H3/b7-6+. The first-order chi connectivity index (χ1) is 9.70. The molecule has 0 amide bonds. The van der Waals surface area contributed by atoms with Crippen molar-refractivity contribution in [2.75, 3.05) is 6.61 Å². The van der Waals surface area contributed by atoms with Gasteiger partial charge in [0.1, 0.15) is 5.82 Å². The summed E-state index contributed by atoms with van der Waals surface area (Å²) in [6.07, 6.45) is 7.58. The molecule has 0 aliphatic heterocycles. The summed E-state index contributed by atoms with van der Waals surface area (Å²) in [5, 5.41) is 8.55. The Balaban J connectivity index is 1.93. The van der Waals surface area contributed by atoms with Gasteiger partial charge in [0.05, 0.1) is 6.61 Å². The molecule has 0 spiro atoms. The lowest BCUT2D eigenvalue weighted by molar-refractivity contribution is -0.137. The molecule has 5 nitrogen and oxygen atoms in total. The fraction of sp³-hybridized carbons (Fsp3) is 0.400. The topological polar surface area (TPSA) is 56.5 Å². The fourth-order valence-corrected chi connectivity index (χ4v) is 2.26. The van der Waals surface area contributed by atoms with Gasteiger partial charge in [0.2, 0.25) is 0 Å². The van der Waals surface area contributed by atoms with Crippen LogP contribution in [0.3, 0.4) is 0 Å². The molecule has 2 heterocycles. The summed E-state index contributed by atoms with van der Waals surface area (Å²) in [5.41, 5.74) is 2.84. The quantitative estimate of drug-likeness (QED) is 0.633. The van der Waals surface area contributed by atoms with E-state index < -0.39 is 0 Å². The van der Waals surface area contributed by atoms with E-state index in [-0.39, 0.29) is 5.97 Å². The van der Waals surface area contributed by atoms with E-state index in [0.717, 1.165) is 22.6 Å². The molecule has 1 fully saturated rings. The van der Waals surface area contributed by atoms with Crippen LogP contribution in [0.1, 0.15) is 42.6 Å². The summed E-state index contributed by atoms with van der Waals surface area (Å²) in [4.78, 5) is 11.4. The monoisotopic (exact) mass is 271 g/mol. The Morgan fingerprint density at radius 3 is 3.00 bits per heavy atom. The van der Waals surface area contributed by atoms with Gasteiger partial charge in [-0.25, -0.2) is 4.79 Å². The third kappa shape index (κ3) is 2.31. The van der Waals surface area contributed by atoms with Crippen LogP contribution in [0.4, 0.5) is 0 Å². The summed E-state index contributed by atoms with van der Waals surface area (Å²) >= 11 is 0. The Labute approximate surface area is 117 Å². The number of carbonyl (C=O) groups is 1. The number of carbonyl (C=O) groups excluding carboxylic acids is 1. The van der Waals surface area contributed by atoms with Gasteiger partial charge in [-0.1, -0.05) is 0 Å². The highest BCUT2D eigenvalue weighted by Gasteiger charge is 2.28. The van der Waals surface area contributed by atoms with Crippen LogP contribution in [0.25, 0.3) is 11.7 Å². The summed E-state index contributed by atoms with van der Waals surface area (Å²) in [6.45, 7) is 4.17. The Bertz CT molecular complexity index is 684. The Kier molecular flexibility index (Phi) is 3.26. The highest BCUT2D eigenvalue weighted by atomic mass is 16.5. The van der Waals surface area contributed by atoms with Crippen LogP contribution in [0.5, 0.6) is 0 Å². The maximum atomic E-state index is 11.4. The molecule has 1 aliphatic rings. The molecule has 1 aliphatic carbocycles. The minimum Gasteiger partial charge on any atom is -0.463 e. The normalized spacial score (nSPS) is 15.1. The van der Waals surface area contributed by atoms with Crippen molar-refractivity contribution in [3.8, 4) is 0 Å². The molecule has 1 saturated carbocycles. The molecule has 0 aromatic carbocycles. The number of hydrogen-bond donors (Lipinski definition) is 0. The van der Waals surface area contributed by atoms with Gasteiger partial charge >= 0.3 is 5.97 Å². The molecule has 3 rings (SSSR count). The van der Waals surface area contributed by atoms with E-state index in [2.05, 4.69) is 14.6 Å². The van der Waals surface area contributed by atoms with Crippen LogP contribution >= 0.6 is 0 Å². The molecule has 20 heavy (non-hydrogen) atoms. The third-order valence-corrected chi connectivity index (χ3v) is 3.52. The second kappa shape index (κ2) is 5.07. The van der Waals surface area contributed by atoms with Crippen molar-refractivity contribution in [1.82, 2.24) is 14.6 Å². The van der Waals surface area contributed by atoms with E-state index in [0.29, 0.717) is 12.5 Å². The predicted octanol–water partition coefficient (Wildman–Crippen LogP) is 2.49. The largest absolute Gasteiger partial charge is 0.463 e. The molecule has 104 valence electrons. The Hall–Kier alpha value is -2.17. The molecular formula is C15H17N3O2. The molecule has 0 bridgehead atoms. The predicted molar refractivity (Wildman–Crippen MR) is 75.4 cm³/mol. The average molecular weight is 271 g/mol. The number of aryl methyl sites for hydroxylation is 1. The van der Waals surface area contributed by atoms with Crippen LogP contribution in [0.15, 0.2) is 18.3 Å². The van der Waals surface area contributed by atoms with Crippen molar-refractivity contribution in [3.63, 3.8) is 0 Å². The van der Waals surface area contributed by atoms with Crippen LogP contribution in [-0.4, -0.2) is 27.2 Å². The lowest BCUT2D eigenvalue weighted by Gasteiger charge is -2.04. The van der Waals surface area contributed by atoms with E-state index in [9.17, 15) is 4.79 Å². The maximum absolute atomic E-state index is 11.4. The van der Waals surface area contributed by atoms with Crippen molar-refractivity contribution in [3.05, 3.63) is 35.3 Å². The number of nitrogens with zero attached hydrogens (tertiary/aromatic N) is 3. The van der Waals surface area contributed by atoms with Crippen LogP contribution in [0.2, 0.25) is 0 Å². The summed E-state index contributed by atoms with van der Waals surface area (Å²) in [5.74, 6) is 1.28. The van der Waals surface area contributed by atoms with Crippen LogP contribution < -0.4 is 0 Å². The third-order valence-electron chi connectivity index (χ3n) is 3.52. The molecule has 0 N–H and O–H groups in total. The first-order valence-electron chi connectivity index (χ1n) is 6.89. The highest BCUT2D eigenvalue weighted by Crippen LogP contribution is 2.39. The van der Waals surface area contributed by atoms with Crippen LogP contribution in [-0.2, 0) is 9.53 Å². The van der Waals surface area contributed by atoms with Crippen molar-refractivity contribution in [2.24, 2.45) is 0 Å². The smallest absolute Gasteiger partial charge is 0.330 e. The van der Waals surface area contributed by atoms with Crippen molar-refractivity contribution in [2.45, 2.75) is 32.6 Å². The number of rotatable bonds is 4. The van der Waals surface area contributed by atoms with Gasteiger partial charge in [0.25, 0.3) is 0 Å². The van der Waals surface area contributed by atoms with Crippen molar-refractivity contribution in [1.29, 1.82) is 0 Å². The molecule has 2 aromatic rings. The molecule has 0 atom stereocenters. The zero-order chi connectivity index (χ0) is 14.1. The first-order valence-corrected chi connectivity index (χ1v) is 6.89. The molecule has 2 aromatic heterocycles. The molecule has 5 heteroatoms. The Morgan fingerprint density at radius 1 is 1.50 bits per heavy atom. The summed E-state index contributed by atoms with van der Waals surface area (Å²) in [7, 11) is 0. The SMILES string of the molecule is CCOC(=O)/C=C/c1ccn2c(C3CC3)nnc2c1C. The van der Waals surface area contributed by atoms with Crippen molar-refractivity contribution < 1.29 is 9.53 Å². The maximum Gasteiger partial charge on any atom is 0.330 e. The highest BCUT2D eigenvalue weighted by molar-refractivity contribution is 5.87. The van der Waals surface area contributed by atoms with Gasteiger partial charge in [-0.3, -0.25) is 4.40 Å². The number of aromatic nitrogens is 3. The number of esters is 1. The average Bonchev–Trinajstić information content (AvgIpc) is 3.18. The summed E-state index contributed by atoms with van der Waals surface area (Å²) in [6, 6.07) is 1.98. The van der Waals surface area contributed by atoms with Gasteiger partial charge in [-0.2, -0.15) is 0 Å². The van der Waals surface area contributed by atoms with Gasteiger partial charge in [0.15, 0.2) is 5.65 Å². The molecule has 0 radical (unpaired) electrons. The van der Waals surface area contributed by atoms with Gasteiger partial charge in [-0.05, 0) is 44.4 Å². The van der Waals surface area contributed by atoms with E-state index in [1.807, 2.05) is 19.2 Å². The molecular weight excluding hydrogens is 254 g/mol. The second-order valence-electron chi connectivity index (χ2n) is 5.01. The van der Waals surface area contributed by atoms with Gasteiger partial charge in [-0.15, -0.1) is 10.2 Å². The number of pyridine rings is 1. The lowest BCUT2D eigenvalue weighted by Crippen LogP contribution is -1.99. The fourth-order valence-electron chi connectivity index (χ4n) is 2.26. The number of fused-ring (bicyclic) bond motifs is 1. The first kappa shape index (κ1) is 12.8. The van der Waals surface area contributed by atoms with E-state index in [4.69, 9.17) is 4.74 Å². The van der Waals surface area contributed by atoms with Gasteiger partial charge in [0, 0.05) is 23.8 Å². The minimum atomic E-state index is -0.327. The minimum absolute atomic E-state index is 0.327. The molecule has 0 saturated heterocycles.